The van der Waals surface area contributed by atoms with Crippen LogP contribution in [0.1, 0.15) is 18.1 Å². The molecule has 0 aliphatic carbocycles. The first-order valence-corrected chi connectivity index (χ1v) is 9.90. The molecule has 2 rings (SSSR count). The molecule has 2 aromatic rings. The average Bonchev–Trinajstić information content (AvgIpc) is 2.73. The van der Waals surface area contributed by atoms with Gasteiger partial charge in [-0.25, -0.2) is 0 Å². The summed E-state index contributed by atoms with van der Waals surface area (Å²) in [6.07, 6.45) is 0. The third kappa shape index (κ3) is 5.97. The number of carbonyl (C=O) groups excluding carboxylic acids is 2. The van der Waals surface area contributed by atoms with Gasteiger partial charge in [-0.3, -0.25) is 9.59 Å². The number of hydrogen-bond acceptors (Lipinski definition) is 4. The van der Waals surface area contributed by atoms with Crippen molar-refractivity contribution < 1.29 is 24.0 Å². The van der Waals surface area contributed by atoms with Crippen molar-refractivity contribution in [1.29, 1.82) is 0 Å². The van der Waals surface area contributed by atoms with Gasteiger partial charge in [0, 0.05) is 12.7 Å². The maximum Gasteiger partial charge on any atom is 0.280 e. The van der Waals surface area contributed by atoms with E-state index in [1.165, 1.54) is 4.90 Å². The van der Waals surface area contributed by atoms with Gasteiger partial charge < -0.3 is 24.6 Å². The zero-order valence-corrected chi connectivity index (χ0v) is 18.6. The van der Waals surface area contributed by atoms with Crippen LogP contribution in [-0.2, 0) is 16.1 Å². The molecule has 0 radical (unpaired) electrons. The molecular weight excluding hydrogens is 382 g/mol. The van der Waals surface area contributed by atoms with Gasteiger partial charge in [0.05, 0.1) is 33.4 Å². The first-order valence-electron chi connectivity index (χ1n) is 9.90. The van der Waals surface area contributed by atoms with E-state index in [0.717, 1.165) is 16.0 Å². The van der Waals surface area contributed by atoms with Crippen molar-refractivity contribution in [1.82, 2.24) is 4.90 Å². The Kier molecular flexibility index (Phi) is 8.24. The highest BCUT2D eigenvalue weighted by atomic mass is 16.5. The first-order chi connectivity index (χ1) is 14.3. The van der Waals surface area contributed by atoms with Crippen LogP contribution in [-0.4, -0.2) is 57.6 Å². The zero-order valence-electron chi connectivity index (χ0n) is 18.6. The van der Waals surface area contributed by atoms with Gasteiger partial charge in [0.2, 0.25) is 5.91 Å². The van der Waals surface area contributed by atoms with E-state index < -0.39 is 0 Å². The number of nitrogens with zero attached hydrogens (tertiary/aromatic N) is 1. The predicted octanol–water partition coefficient (Wildman–Crippen LogP) is 1.51. The first kappa shape index (κ1) is 23.2. The molecule has 0 spiro atoms. The molecule has 1 unspecified atom stereocenters. The molecule has 2 aromatic carbocycles. The lowest BCUT2D eigenvalue weighted by molar-refractivity contribution is -0.908. The van der Waals surface area contributed by atoms with Crippen molar-refractivity contribution in [3.63, 3.8) is 0 Å². The minimum absolute atomic E-state index is 0.00713. The van der Waals surface area contributed by atoms with Crippen LogP contribution in [0, 0.1) is 6.92 Å². The molecular formula is C23H32N3O4+. The van der Waals surface area contributed by atoms with Gasteiger partial charge in [0.15, 0.2) is 17.5 Å². The fourth-order valence-electron chi connectivity index (χ4n) is 3.22. The molecule has 0 aliphatic heterocycles. The summed E-state index contributed by atoms with van der Waals surface area (Å²) in [4.78, 5) is 27.6. The highest BCUT2D eigenvalue weighted by molar-refractivity contribution is 5.94. The summed E-state index contributed by atoms with van der Waals surface area (Å²) in [7, 11) is 6.79. The van der Waals surface area contributed by atoms with Crippen LogP contribution in [0.15, 0.2) is 42.5 Å². The Labute approximate surface area is 178 Å². The van der Waals surface area contributed by atoms with E-state index in [2.05, 4.69) is 5.32 Å². The largest absolute Gasteiger partial charge is 0.493 e. The van der Waals surface area contributed by atoms with Gasteiger partial charge in [-0.2, -0.15) is 0 Å². The molecule has 7 nitrogen and oxygen atoms in total. The predicted molar refractivity (Wildman–Crippen MR) is 117 cm³/mol. The Morgan fingerprint density at radius 2 is 1.77 bits per heavy atom. The number of rotatable bonds is 9. The summed E-state index contributed by atoms with van der Waals surface area (Å²) in [6.45, 7) is 4.42. The molecule has 0 aromatic heterocycles. The lowest BCUT2D eigenvalue weighted by atomic mass is 10.1. The van der Waals surface area contributed by atoms with E-state index in [9.17, 15) is 9.59 Å². The monoisotopic (exact) mass is 414 g/mol. The van der Waals surface area contributed by atoms with Crippen LogP contribution in [0.2, 0.25) is 0 Å². The molecule has 2 amide bonds. The fraction of sp³-hybridized carbons (Fsp3) is 0.391. The average molecular weight is 415 g/mol. The van der Waals surface area contributed by atoms with Crippen molar-refractivity contribution in [2.75, 3.05) is 40.2 Å². The number of amides is 2. The van der Waals surface area contributed by atoms with E-state index in [1.807, 2.05) is 63.4 Å². The van der Waals surface area contributed by atoms with Crippen LogP contribution >= 0.6 is 0 Å². The van der Waals surface area contributed by atoms with Crippen molar-refractivity contribution >= 4 is 17.5 Å². The molecule has 0 saturated heterocycles. The van der Waals surface area contributed by atoms with Gasteiger partial charge in [-0.05, 0) is 38.1 Å². The number of carbonyl (C=O) groups is 2. The third-order valence-corrected chi connectivity index (χ3v) is 5.16. The summed E-state index contributed by atoms with van der Waals surface area (Å²) < 4.78 is 10.8. The number of ether oxygens (including phenoxy) is 2. The van der Waals surface area contributed by atoms with E-state index in [-0.39, 0.29) is 24.4 Å². The normalized spacial score (nSPS) is 12.6. The molecule has 0 bridgehead atoms. The number of quaternary nitrogens is 1. The number of benzene rings is 2. The summed E-state index contributed by atoms with van der Waals surface area (Å²) in [5.74, 6) is 0.999. The van der Waals surface area contributed by atoms with E-state index in [0.29, 0.717) is 23.7 Å². The molecule has 0 fully saturated rings. The third-order valence-electron chi connectivity index (χ3n) is 5.16. The Bertz CT molecular complexity index is 867. The second-order valence-corrected chi connectivity index (χ2v) is 7.51. The van der Waals surface area contributed by atoms with Crippen LogP contribution in [0.3, 0.4) is 0 Å². The molecule has 0 heterocycles. The summed E-state index contributed by atoms with van der Waals surface area (Å²) in [5, 5.41) is 2.82. The topological polar surface area (TPSA) is 72.3 Å². The fourth-order valence-corrected chi connectivity index (χ4v) is 3.22. The number of aryl methyl sites for hydroxylation is 1. The van der Waals surface area contributed by atoms with Crippen molar-refractivity contribution in [3.05, 3.63) is 53.6 Å². The van der Waals surface area contributed by atoms with E-state index in [1.54, 1.807) is 21.3 Å². The Balaban J connectivity index is 1.96. The molecule has 2 N–H and O–H groups in total. The van der Waals surface area contributed by atoms with Crippen molar-refractivity contribution in [2.45, 2.75) is 26.4 Å². The number of para-hydroxylation sites is 1. The van der Waals surface area contributed by atoms with Gasteiger partial charge in [0.1, 0.15) is 6.54 Å². The standard InChI is InChI=1S/C23H31N3O4/c1-16-10-12-19(13-11-16)24-21(27)15-26(4)23(28)17(2)25(3)14-18-8-7-9-20(29-5)22(18)30-6/h7-13,17H,14-15H2,1-6H3,(H,24,27)/p+1/t17-/m1/s1. The second kappa shape index (κ2) is 10.6. The number of nitrogens with one attached hydrogen (secondary N) is 2. The molecule has 7 heteroatoms. The summed E-state index contributed by atoms with van der Waals surface area (Å²) >= 11 is 0. The highest BCUT2D eigenvalue weighted by Crippen LogP contribution is 2.30. The van der Waals surface area contributed by atoms with Crippen molar-refractivity contribution in [3.8, 4) is 11.5 Å². The summed E-state index contributed by atoms with van der Waals surface area (Å²) in [5.41, 5.74) is 2.79. The zero-order chi connectivity index (χ0) is 22.3. The minimum Gasteiger partial charge on any atom is -0.493 e. The number of methoxy groups -OCH3 is 2. The van der Waals surface area contributed by atoms with E-state index >= 15 is 0 Å². The Hall–Kier alpha value is -3.06. The van der Waals surface area contributed by atoms with Crippen LogP contribution in [0.4, 0.5) is 5.69 Å². The smallest absolute Gasteiger partial charge is 0.280 e. The van der Waals surface area contributed by atoms with Crippen LogP contribution < -0.4 is 19.7 Å². The maximum absolute atomic E-state index is 12.9. The lowest BCUT2D eigenvalue weighted by Gasteiger charge is -2.26. The number of likely N-dealkylation sites (N-methyl/N-ethyl adjacent to an activating group) is 2. The van der Waals surface area contributed by atoms with Gasteiger partial charge in [-0.15, -0.1) is 0 Å². The van der Waals surface area contributed by atoms with Crippen LogP contribution in [0.25, 0.3) is 0 Å². The van der Waals surface area contributed by atoms with E-state index in [4.69, 9.17) is 9.47 Å². The second-order valence-electron chi connectivity index (χ2n) is 7.51. The Morgan fingerprint density at radius 3 is 2.37 bits per heavy atom. The summed E-state index contributed by atoms with van der Waals surface area (Å²) in [6, 6.07) is 12.9. The SMILES string of the molecule is COc1cccc(C[NH+](C)[C@H](C)C(=O)N(C)CC(=O)Nc2ccc(C)cc2)c1OC. The molecule has 162 valence electrons. The molecule has 0 saturated carbocycles. The minimum atomic E-state index is -0.335. The lowest BCUT2D eigenvalue weighted by Crippen LogP contribution is -3.12. The van der Waals surface area contributed by atoms with Crippen molar-refractivity contribution in [2.24, 2.45) is 0 Å². The quantitative estimate of drug-likeness (QED) is 0.653. The highest BCUT2D eigenvalue weighted by Gasteiger charge is 2.27. The molecule has 2 atom stereocenters. The van der Waals surface area contributed by atoms with Gasteiger partial charge >= 0.3 is 0 Å². The van der Waals surface area contributed by atoms with Crippen LogP contribution in [0.5, 0.6) is 11.5 Å². The number of hydrogen-bond donors (Lipinski definition) is 2. The van der Waals surface area contributed by atoms with Gasteiger partial charge in [-0.1, -0.05) is 23.8 Å². The molecule has 30 heavy (non-hydrogen) atoms. The van der Waals surface area contributed by atoms with Gasteiger partial charge in [0.25, 0.3) is 5.91 Å². The number of anilines is 1. The molecule has 0 aliphatic rings. The Morgan fingerprint density at radius 1 is 1.10 bits per heavy atom. The maximum atomic E-state index is 12.9.